The highest BCUT2D eigenvalue weighted by molar-refractivity contribution is 7.90. The first-order valence-corrected chi connectivity index (χ1v) is 12.2. The molecule has 0 aromatic carbocycles. The summed E-state index contributed by atoms with van der Waals surface area (Å²) in [6.07, 6.45) is 1.66. The normalized spacial score (nSPS) is 39.4. The van der Waals surface area contributed by atoms with Crippen LogP contribution in [0.5, 0.6) is 0 Å². The van der Waals surface area contributed by atoms with E-state index < -0.39 is 38.6 Å². The molecule has 7 atom stereocenters. The second-order valence-electron chi connectivity index (χ2n) is 8.59. The molecule has 0 aromatic rings. The van der Waals surface area contributed by atoms with Crippen molar-refractivity contribution >= 4 is 27.5 Å². The van der Waals surface area contributed by atoms with Crippen LogP contribution in [0.25, 0.3) is 0 Å². The van der Waals surface area contributed by atoms with Gasteiger partial charge in [0.1, 0.15) is 6.17 Å². The number of likely N-dealkylation sites (N-methyl/N-ethyl adjacent to an activating group) is 1. The van der Waals surface area contributed by atoms with Crippen molar-refractivity contribution in [2.24, 2.45) is 11.8 Å². The van der Waals surface area contributed by atoms with Crippen LogP contribution in [-0.2, 0) is 19.6 Å². The van der Waals surface area contributed by atoms with Gasteiger partial charge in [-0.05, 0) is 51.5 Å². The van der Waals surface area contributed by atoms with Gasteiger partial charge in [0.15, 0.2) is 0 Å². The van der Waals surface area contributed by atoms with Crippen molar-refractivity contribution in [1.82, 2.24) is 20.5 Å². The fourth-order valence-corrected chi connectivity index (χ4v) is 6.51. The Morgan fingerprint density at radius 2 is 2.03 bits per heavy atom. The number of carbonyl (C=O) groups excluding carboxylic acids is 1. The van der Waals surface area contributed by atoms with Gasteiger partial charge in [-0.3, -0.25) is 20.4 Å². The highest BCUT2D eigenvalue weighted by atomic mass is 35.5. The lowest BCUT2D eigenvalue weighted by molar-refractivity contribution is -0.129. The highest BCUT2D eigenvalue weighted by Crippen LogP contribution is 2.37. The predicted molar refractivity (Wildman–Crippen MR) is 108 cm³/mol. The summed E-state index contributed by atoms with van der Waals surface area (Å²) >= 11 is 6.21. The van der Waals surface area contributed by atoms with Gasteiger partial charge in [-0.25, -0.2) is 12.8 Å². The van der Waals surface area contributed by atoms with Crippen molar-refractivity contribution < 1.29 is 22.3 Å². The molecule has 1 heterocycles. The quantitative estimate of drug-likeness (QED) is 0.404. The number of ether oxygens (including phenoxy) is 1. The van der Waals surface area contributed by atoms with Crippen LogP contribution >= 0.6 is 11.6 Å². The van der Waals surface area contributed by atoms with Gasteiger partial charge in [-0.2, -0.15) is 0 Å². The molecule has 2 saturated carbocycles. The average Bonchev–Trinajstić information content (AvgIpc) is 3.14. The van der Waals surface area contributed by atoms with E-state index in [-0.39, 0.29) is 18.1 Å². The van der Waals surface area contributed by atoms with Crippen LogP contribution in [0, 0.1) is 11.8 Å². The molecule has 29 heavy (non-hydrogen) atoms. The van der Waals surface area contributed by atoms with E-state index in [1.807, 2.05) is 7.05 Å². The summed E-state index contributed by atoms with van der Waals surface area (Å²) in [5.74, 6) is -1.59. The van der Waals surface area contributed by atoms with E-state index in [0.29, 0.717) is 25.7 Å². The van der Waals surface area contributed by atoms with Crippen LogP contribution in [0.15, 0.2) is 0 Å². The largest absolute Gasteiger partial charge is 0.381 e. The molecular formula is C18H32ClFN4O4S. The Bertz CT molecular complexity index is 685. The lowest BCUT2D eigenvalue weighted by atomic mass is 9.76. The van der Waals surface area contributed by atoms with E-state index in [2.05, 4.69) is 20.5 Å². The molecule has 8 nitrogen and oxygen atoms in total. The maximum Gasteiger partial charge on any atom is 0.241 e. The number of amides is 1. The number of nitrogens with zero attached hydrogens (tertiary/aromatic N) is 1. The second-order valence-corrected chi connectivity index (χ2v) is 11.1. The third-order valence-corrected chi connectivity index (χ3v) is 8.63. The number of nitrogens with one attached hydrogen (secondary N) is 3. The minimum absolute atomic E-state index is 0.0580. The number of rotatable bonds is 6. The van der Waals surface area contributed by atoms with E-state index >= 15 is 0 Å². The number of hydrogen-bond donors (Lipinski definition) is 3. The van der Waals surface area contributed by atoms with E-state index in [4.69, 9.17) is 16.3 Å². The maximum absolute atomic E-state index is 14.7. The Kier molecular flexibility index (Phi) is 7.77. The van der Waals surface area contributed by atoms with Gasteiger partial charge in [0, 0.05) is 26.4 Å². The molecule has 3 rings (SSSR count). The summed E-state index contributed by atoms with van der Waals surface area (Å²) in [4.78, 5) is 16.9. The Labute approximate surface area is 177 Å². The molecule has 0 aromatic heterocycles. The number of carbonyl (C=O) groups is 1. The number of hydrogen-bond acceptors (Lipinski definition) is 6. The molecule has 1 saturated heterocycles. The SMILES string of the molecule is COC1CCCC(S(=O)(=O)NNC(=O)C2CC(C3CN(C)CN3)CC(Cl)C2F)C1. The minimum Gasteiger partial charge on any atom is -0.381 e. The fraction of sp³-hybridized carbons (Fsp3) is 0.944. The van der Waals surface area contributed by atoms with Gasteiger partial charge in [0.2, 0.25) is 15.9 Å². The summed E-state index contributed by atoms with van der Waals surface area (Å²) < 4.78 is 45.1. The summed E-state index contributed by atoms with van der Waals surface area (Å²) in [6.45, 7) is 1.56. The number of halogens is 2. The average molecular weight is 455 g/mol. The topological polar surface area (TPSA) is 99.8 Å². The molecule has 3 fully saturated rings. The van der Waals surface area contributed by atoms with Crippen LogP contribution in [0.3, 0.4) is 0 Å². The van der Waals surface area contributed by atoms with Crippen molar-refractivity contribution in [3.63, 3.8) is 0 Å². The Morgan fingerprint density at radius 1 is 1.28 bits per heavy atom. The molecule has 11 heteroatoms. The van der Waals surface area contributed by atoms with Gasteiger partial charge in [-0.15, -0.1) is 16.4 Å². The Morgan fingerprint density at radius 3 is 2.69 bits per heavy atom. The summed E-state index contributed by atoms with van der Waals surface area (Å²) in [7, 11) is -0.209. The third-order valence-electron chi connectivity index (χ3n) is 6.52. The lowest BCUT2D eigenvalue weighted by Gasteiger charge is -2.37. The zero-order chi connectivity index (χ0) is 21.2. The highest BCUT2D eigenvalue weighted by Gasteiger charge is 2.44. The first-order valence-electron chi connectivity index (χ1n) is 10.2. The molecule has 7 unspecified atom stereocenters. The summed E-state index contributed by atoms with van der Waals surface area (Å²) in [5.41, 5.74) is 2.25. The van der Waals surface area contributed by atoms with Crippen LogP contribution < -0.4 is 15.6 Å². The minimum atomic E-state index is -3.76. The van der Waals surface area contributed by atoms with Gasteiger partial charge in [0.05, 0.1) is 22.6 Å². The van der Waals surface area contributed by atoms with Crippen molar-refractivity contribution in [3.05, 3.63) is 0 Å². The Balaban J connectivity index is 1.58. The van der Waals surface area contributed by atoms with Gasteiger partial charge in [0.25, 0.3) is 0 Å². The van der Waals surface area contributed by atoms with Crippen molar-refractivity contribution in [3.8, 4) is 0 Å². The standard InChI is InChI=1S/C18H32ClFN4O4S/c1-24-9-16(21-10-24)11-6-14(17(20)15(19)7-11)18(25)22-23-29(26,27)13-5-3-4-12(8-13)28-2/h11-17,21,23H,3-10H2,1-2H3,(H,22,25). The predicted octanol–water partition coefficient (Wildman–Crippen LogP) is 0.727. The molecule has 168 valence electrons. The molecule has 1 amide bonds. The van der Waals surface area contributed by atoms with E-state index in [1.165, 1.54) is 0 Å². The molecule has 3 N–H and O–H groups in total. The van der Waals surface area contributed by atoms with Gasteiger partial charge >= 0.3 is 0 Å². The fourth-order valence-electron chi connectivity index (χ4n) is 4.75. The molecule has 1 aliphatic heterocycles. The monoisotopic (exact) mass is 454 g/mol. The first-order chi connectivity index (χ1) is 13.7. The smallest absolute Gasteiger partial charge is 0.241 e. The molecule has 0 spiro atoms. The number of alkyl halides is 2. The third kappa shape index (κ3) is 5.59. The number of hydrazine groups is 1. The molecule has 3 aliphatic rings. The zero-order valence-corrected chi connectivity index (χ0v) is 18.5. The molecule has 0 radical (unpaired) electrons. The molecular weight excluding hydrogens is 423 g/mol. The van der Waals surface area contributed by atoms with Crippen molar-refractivity contribution in [1.29, 1.82) is 0 Å². The van der Waals surface area contributed by atoms with E-state index in [9.17, 15) is 17.6 Å². The van der Waals surface area contributed by atoms with Crippen LogP contribution in [-0.4, -0.2) is 75.5 Å². The number of sulfonamides is 1. The number of methoxy groups -OCH3 is 1. The van der Waals surface area contributed by atoms with Crippen LogP contribution in [0.2, 0.25) is 0 Å². The van der Waals surface area contributed by atoms with Crippen molar-refractivity contribution in [2.45, 2.75) is 67.5 Å². The zero-order valence-electron chi connectivity index (χ0n) is 16.9. The molecule has 0 bridgehead atoms. The van der Waals surface area contributed by atoms with Crippen LogP contribution in [0.4, 0.5) is 4.39 Å². The maximum atomic E-state index is 14.7. The first kappa shape index (κ1) is 23.1. The summed E-state index contributed by atoms with van der Waals surface area (Å²) in [6, 6.07) is 0.147. The lowest BCUT2D eigenvalue weighted by Crippen LogP contribution is -2.53. The van der Waals surface area contributed by atoms with Gasteiger partial charge in [-0.1, -0.05) is 0 Å². The molecule has 2 aliphatic carbocycles. The van der Waals surface area contributed by atoms with E-state index in [1.54, 1.807) is 7.11 Å². The second kappa shape index (κ2) is 9.74. The van der Waals surface area contributed by atoms with E-state index in [0.717, 1.165) is 26.1 Å². The Hall–Kier alpha value is -0.520. The van der Waals surface area contributed by atoms with Crippen molar-refractivity contribution in [2.75, 3.05) is 27.4 Å². The van der Waals surface area contributed by atoms with Gasteiger partial charge < -0.3 is 4.74 Å². The van der Waals surface area contributed by atoms with Crippen LogP contribution in [0.1, 0.15) is 38.5 Å². The summed E-state index contributed by atoms with van der Waals surface area (Å²) in [5, 5.41) is 1.96.